The second-order valence-corrected chi connectivity index (χ2v) is 4.54. The molecule has 0 spiro atoms. The number of halogens is 1. The summed E-state index contributed by atoms with van der Waals surface area (Å²) in [6, 6.07) is 9.20. The second kappa shape index (κ2) is 6.25. The largest absolute Gasteiger partial charge is 0.465 e. The standard InChI is InChI=1S/C13H11BrN2O4/c1-19-12(17)8-3-2-4-9(7-8)15-13(18)16-11-6-5-10(14)20-11/h2-7H,1H3,(H2,15,16,18). The summed E-state index contributed by atoms with van der Waals surface area (Å²) in [5.74, 6) is -0.164. The van der Waals surface area contributed by atoms with Crippen molar-refractivity contribution in [2.75, 3.05) is 17.7 Å². The predicted molar refractivity (Wildman–Crippen MR) is 76.8 cm³/mol. The molecule has 2 N–H and O–H groups in total. The van der Waals surface area contributed by atoms with Gasteiger partial charge in [0.25, 0.3) is 0 Å². The zero-order valence-corrected chi connectivity index (χ0v) is 12.1. The summed E-state index contributed by atoms with van der Waals surface area (Å²) in [6.07, 6.45) is 0. The Hall–Kier alpha value is -2.28. The fraction of sp³-hybridized carbons (Fsp3) is 0.0769. The molecular weight excluding hydrogens is 328 g/mol. The number of benzene rings is 1. The number of methoxy groups -OCH3 is 1. The molecule has 2 amide bonds. The van der Waals surface area contributed by atoms with Crippen molar-refractivity contribution >= 4 is 39.5 Å². The van der Waals surface area contributed by atoms with E-state index in [0.717, 1.165) is 0 Å². The van der Waals surface area contributed by atoms with E-state index < -0.39 is 12.0 Å². The van der Waals surface area contributed by atoms with Gasteiger partial charge in [0.05, 0.1) is 12.7 Å². The molecule has 7 heteroatoms. The van der Waals surface area contributed by atoms with Crippen molar-refractivity contribution < 1.29 is 18.7 Å². The molecule has 0 fully saturated rings. The van der Waals surface area contributed by atoms with Crippen LogP contribution in [-0.2, 0) is 4.74 Å². The molecule has 2 rings (SSSR count). The van der Waals surface area contributed by atoms with Gasteiger partial charge in [0, 0.05) is 11.8 Å². The minimum Gasteiger partial charge on any atom is -0.465 e. The molecule has 0 radical (unpaired) electrons. The molecule has 0 saturated heterocycles. The minimum atomic E-state index is -0.478. The van der Waals surface area contributed by atoms with Gasteiger partial charge >= 0.3 is 12.0 Å². The van der Waals surface area contributed by atoms with Gasteiger partial charge in [-0.25, -0.2) is 9.59 Å². The molecule has 0 saturated carbocycles. The lowest BCUT2D eigenvalue weighted by Gasteiger charge is -2.06. The van der Waals surface area contributed by atoms with Crippen molar-refractivity contribution in [3.8, 4) is 0 Å². The van der Waals surface area contributed by atoms with Crippen molar-refractivity contribution in [3.05, 3.63) is 46.6 Å². The smallest absolute Gasteiger partial charge is 0.337 e. The minimum absolute atomic E-state index is 0.304. The number of amides is 2. The van der Waals surface area contributed by atoms with Crippen LogP contribution in [0.25, 0.3) is 0 Å². The van der Waals surface area contributed by atoms with E-state index in [-0.39, 0.29) is 0 Å². The van der Waals surface area contributed by atoms with Crippen molar-refractivity contribution in [2.24, 2.45) is 0 Å². The van der Waals surface area contributed by atoms with Crippen LogP contribution in [0.2, 0.25) is 0 Å². The Labute approximate surface area is 123 Å². The first-order valence-corrected chi connectivity index (χ1v) is 6.39. The molecule has 1 aromatic carbocycles. The maximum Gasteiger partial charge on any atom is 0.337 e. The molecule has 6 nitrogen and oxygen atoms in total. The second-order valence-electron chi connectivity index (χ2n) is 3.76. The summed E-state index contributed by atoms with van der Waals surface area (Å²) >= 11 is 3.13. The first-order chi connectivity index (χ1) is 9.58. The van der Waals surface area contributed by atoms with Gasteiger partial charge in [-0.2, -0.15) is 0 Å². The summed E-state index contributed by atoms with van der Waals surface area (Å²) in [7, 11) is 1.30. The summed E-state index contributed by atoms with van der Waals surface area (Å²) < 4.78 is 10.3. The van der Waals surface area contributed by atoms with Gasteiger partial charge in [-0.3, -0.25) is 5.32 Å². The number of anilines is 2. The fourth-order valence-corrected chi connectivity index (χ4v) is 1.80. The molecular formula is C13H11BrN2O4. The van der Waals surface area contributed by atoms with Gasteiger partial charge in [0.1, 0.15) is 0 Å². The summed E-state index contributed by atoms with van der Waals surface area (Å²) in [4.78, 5) is 23.1. The van der Waals surface area contributed by atoms with Gasteiger partial charge in [-0.05, 0) is 40.2 Å². The third kappa shape index (κ3) is 3.61. The number of furan rings is 1. The quantitative estimate of drug-likeness (QED) is 0.839. The highest BCUT2D eigenvalue weighted by Gasteiger charge is 2.09. The van der Waals surface area contributed by atoms with Crippen LogP contribution in [0.1, 0.15) is 10.4 Å². The van der Waals surface area contributed by atoms with Crippen LogP contribution >= 0.6 is 15.9 Å². The highest BCUT2D eigenvalue weighted by Crippen LogP contribution is 2.18. The van der Waals surface area contributed by atoms with E-state index in [1.54, 1.807) is 30.3 Å². The average molecular weight is 339 g/mol. The monoisotopic (exact) mass is 338 g/mol. The van der Waals surface area contributed by atoms with E-state index in [4.69, 9.17) is 4.42 Å². The first-order valence-electron chi connectivity index (χ1n) is 5.60. The van der Waals surface area contributed by atoms with Crippen LogP contribution in [0.15, 0.2) is 45.5 Å². The van der Waals surface area contributed by atoms with Gasteiger partial charge < -0.3 is 14.5 Å². The van der Waals surface area contributed by atoms with Crippen LogP contribution < -0.4 is 10.6 Å². The number of rotatable bonds is 3. The number of esters is 1. The fourth-order valence-electron chi connectivity index (χ4n) is 1.50. The number of hydrogen-bond donors (Lipinski definition) is 2. The lowest BCUT2D eigenvalue weighted by atomic mass is 10.2. The third-order valence-electron chi connectivity index (χ3n) is 2.35. The van der Waals surface area contributed by atoms with Gasteiger partial charge in [0.15, 0.2) is 4.67 Å². The molecule has 20 heavy (non-hydrogen) atoms. The maximum absolute atomic E-state index is 11.7. The molecule has 0 aliphatic carbocycles. The Morgan fingerprint density at radius 2 is 2.00 bits per heavy atom. The van der Waals surface area contributed by atoms with Crippen LogP contribution in [-0.4, -0.2) is 19.1 Å². The highest BCUT2D eigenvalue weighted by atomic mass is 79.9. The van der Waals surface area contributed by atoms with E-state index in [1.165, 1.54) is 13.2 Å². The number of carbonyl (C=O) groups excluding carboxylic acids is 2. The SMILES string of the molecule is COC(=O)c1cccc(NC(=O)Nc2ccc(Br)o2)c1. The lowest BCUT2D eigenvalue weighted by Crippen LogP contribution is -2.19. The molecule has 2 aromatic rings. The molecule has 0 aliphatic rings. The number of nitrogens with one attached hydrogen (secondary N) is 2. The van der Waals surface area contributed by atoms with E-state index >= 15 is 0 Å². The zero-order chi connectivity index (χ0) is 14.5. The Kier molecular flexibility index (Phi) is 4.41. The van der Waals surface area contributed by atoms with Crippen molar-refractivity contribution in [2.45, 2.75) is 0 Å². The molecule has 1 aromatic heterocycles. The van der Waals surface area contributed by atoms with E-state index in [2.05, 4.69) is 31.3 Å². The maximum atomic E-state index is 11.7. The molecule has 0 aliphatic heterocycles. The third-order valence-corrected chi connectivity index (χ3v) is 2.78. The van der Waals surface area contributed by atoms with Gasteiger partial charge in [-0.1, -0.05) is 6.07 Å². The number of urea groups is 1. The number of ether oxygens (including phenoxy) is 1. The van der Waals surface area contributed by atoms with E-state index in [0.29, 0.717) is 21.8 Å². The Morgan fingerprint density at radius 3 is 2.65 bits per heavy atom. The first kappa shape index (κ1) is 14.1. The molecule has 0 unspecified atom stereocenters. The van der Waals surface area contributed by atoms with Crippen molar-refractivity contribution in [3.63, 3.8) is 0 Å². The van der Waals surface area contributed by atoms with Crippen LogP contribution in [0, 0.1) is 0 Å². The van der Waals surface area contributed by atoms with Crippen LogP contribution in [0.4, 0.5) is 16.4 Å². The van der Waals surface area contributed by atoms with Gasteiger partial charge in [-0.15, -0.1) is 0 Å². The van der Waals surface area contributed by atoms with Crippen molar-refractivity contribution in [1.82, 2.24) is 0 Å². The Bertz CT molecular complexity index is 639. The molecule has 104 valence electrons. The zero-order valence-electron chi connectivity index (χ0n) is 10.5. The number of carbonyl (C=O) groups is 2. The van der Waals surface area contributed by atoms with Crippen LogP contribution in [0.5, 0.6) is 0 Å². The normalized spacial score (nSPS) is 9.90. The molecule has 1 heterocycles. The summed E-state index contributed by atoms with van der Waals surface area (Å²) in [5.41, 5.74) is 0.821. The number of hydrogen-bond acceptors (Lipinski definition) is 4. The topological polar surface area (TPSA) is 80.6 Å². The molecule has 0 atom stereocenters. The van der Waals surface area contributed by atoms with Gasteiger partial charge in [0.2, 0.25) is 5.88 Å². The van der Waals surface area contributed by atoms with Crippen LogP contribution in [0.3, 0.4) is 0 Å². The average Bonchev–Trinajstić information content (AvgIpc) is 2.83. The summed E-state index contributed by atoms with van der Waals surface area (Å²) in [5, 5.41) is 5.10. The van der Waals surface area contributed by atoms with E-state index in [9.17, 15) is 9.59 Å². The highest BCUT2D eigenvalue weighted by molar-refractivity contribution is 9.10. The summed E-state index contributed by atoms with van der Waals surface area (Å²) in [6.45, 7) is 0. The van der Waals surface area contributed by atoms with E-state index in [1.807, 2.05) is 0 Å². The Balaban J connectivity index is 2.02. The lowest BCUT2D eigenvalue weighted by molar-refractivity contribution is 0.0600. The Morgan fingerprint density at radius 1 is 1.20 bits per heavy atom. The van der Waals surface area contributed by atoms with Crippen molar-refractivity contribution in [1.29, 1.82) is 0 Å². The predicted octanol–water partition coefficient (Wildman–Crippen LogP) is 3.47. The molecule has 0 bridgehead atoms.